The van der Waals surface area contributed by atoms with E-state index in [0.717, 1.165) is 18.5 Å². The monoisotopic (exact) mass is 416 g/mol. The van der Waals surface area contributed by atoms with E-state index in [1.165, 1.54) is 47.9 Å². The molecule has 2 amide bonds. The van der Waals surface area contributed by atoms with Gasteiger partial charge in [-0.3, -0.25) is 4.90 Å². The van der Waals surface area contributed by atoms with Crippen LogP contribution in [0.4, 0.5) is 4.79 Å². The Morgan fingerprint density at radius 1 is 1.28 bits per heavy atom. The number of amides is 2. The molecule has 5 nitrogen and oxygen atoms in total. The number of likely N-dealkylation sites (tertiary alicyclic amines) is 1. The molecule has 1 aromatic heterocycles. The van der Waals surface area contributed by atoms with E-state index in [0.29, 0.717) is 30.2 Å². The van der Waals surface area contributed by atoms with Gasteiger partial charge in [0.15, 0.2) is 0 Å². The first-order chi connectivity index (χ1) is 14.0. The predicted octanol–water partition coefficient (Wildman–Crippen LogP) is 5.12. The van der Waals surface area contributed by atoms with Crippen LogP contribution in [-0.2, 0) is 6.42 Å². The van der Waals surface area contributed by atoms with E-state index in [4.69, 9.17) is 11.6 Å². The molecule has 0 bridgehead atoms. The molecule has 1 saturated heterocycles. The van der Waals surface area contributed by atoms with Gasteiger partial charge in [-0.2, -0.15) is 0 Å². The third-order valence-electron chi connectivity index (χ3n) is 6.76. The smallest absolute Gasteiger partial charge is 0.324 e. The Morgan fingerprint density at radius 2 is 2.03 bits per heavy atom. The summed E-state index contributed by atoms with van der Waals surface area (Å²) in [7, 11) is 0. The summed E-state index contributed by atoms with van der Waals surface area (Å²) >= 11 is 6.91. The zero-order chi connectivity index (χ0) is 20.7. The number of halogens is 1. The van der Waals surface area contributed by atoms with Gasteiger partial charge in [-0.25, -0.2) is 14.9 Å². The van der Waals surface area contributed by atoms with Crippen LogP contribution in [0, 0.1) is 6.92 Å². The zero-order valence-corrected chi connectivity index (χ0v) is 18.9. The lowest BCUT2D eigenvalue weighted by Gasteiger charge is -2.44. The first-order valence-electron chi connectivity index (χ1n) is 11.1. The van der Waals surface area contributed by atoms with Crippen molar-refractivity contribution in [2.75, 3.05) is 31.6 Å². The molecule has 2 heterocycles. The van der Waals surface area contributed by atoms with Crippen LogP contribution in [0.2, 0.25) is 5.15 Å². The molecule has 2 atom stereocenters. The molecule has 29 heavy (non-hydrogen) atoms. The first-order valence-corrected chi connectivity index (χ1v) is 11.5. The van der Waals surface area contributed by atoms with Gasteiger partial charge >= 0.3 is 6.03 Å². The van der Waals surface area contributed by atoms with Crippen LogP contribution in [0.5, 0.6) is 0 Å². The van der Waals surface area contributed by atoms with E-state index in [1.807, 2.05) is 18.5 Å². The Balaban J connectivity index is 1.82. The van der Waals surface area contributed by atoms with Gasteiger partial charge in [-0.1, -0.05) is 24.6 Å². The standard InChI is InChI=1S/C23H33ClN4O/c1-5-10-27-11-8-9-16-17-12-15(4)13-20-21(17)18(14-19(16)27)22(24)28(20)25-23(29)26(6-2)7-3/h12-13,16,19H,5-11,14H2,1-4H3,(H,25,29)/t16-,19-/m1/s1. The minimum atomic E-state index is -0.104. The van der Waals surface area contributed by atoms with Gasteiger partial charge in [-0.15, -0.1) is 0 Å². The molecular formula is C23H33ClN4O. The Kier molecular flexibility index (Phi) is 5.80. The lowest BCUT2D eigenvalue weighted by molar-refractivity contribution is 0.124. The maximum atomic E-state index is 12.8. The Hall–Kier alpha value is -1.72. The summed E-state index contributed by atoms with van der Waals surface area (Å²) in [6.45, 7) is 12.1. The molecule has 1 aliphatic heterocycles. The van der Waals surface area contributed by atoms with E-state index in [2.05, 4.69) is 36.3 Å². The van der Waals surface area contributed by atoms with E-state index >= 15 is 0 Å². The summed E-state index contributed by atoms with van der Waals surface area (Å²) in [6.07, 6.45) is 4.62. The fourth-order valence-corrected chi connectivity index (χ4v) is 5.75. The molecule has 1 aliphatic carbocycles. The number of rotatable bonds is 5. The number of urea groups is 1. The number of hydrogen-bond acceptors (Lipinski definition) is 2. The summed E-state index contributed by atoms with van der Waals surface area (Å²) in [5.74, 6) is 0.551. The highest BCUT2D eigenvalue weighted by Crippen LogP contribution is 2.46. The van der Waals surface area contributed by atoms with Crippen LogP contribution < -0.4 is 5.43 Å². The average Bonchev–Trinajstić information content (AvgIpc) is 2.96. The zero-order valence-electron chi connectivity index (χ0n) is 18.1. The molecule has 2 aromatic rings. The molecular weight excluding hydrogens is 384 g/mol. The number of fused-ring (bicyclic) bond motifs is 2. The van der Waals surface area contributed by atoms with Crippen molar-refractivity contribution in [3.8, 4) is 0 Å². The van der Waals surface area contributed by atoms with Gasteiger partial charge in [0.25, 0.3) is 0 Å². The maximum Gasteiger partial charge on any atom is 0.336 e. The molecule has 0 unspecified atom stereocenters. The third-order valence-corrected chi connectivity index (χ3v) is 7.15. The van der Waals surface area contributed by atoms with Crippen molar-refractivity contribution in [3.05, 3.63) is 34.0 Å². The van der Waals surface area contributed by atoms with E-state index in [-0.39, 0.29) is 6.03 Å². The first kappa shape index (κ1) is 20.5. The van der Waals surface area contributed by atoms with Gasteiger partial charge < -0.3 is 4.90 Å². The summed E-state index contributed by atoms with van der Waals surface area (Å²) in [6, 6.07) is 4.91. The fourth-order valence-electron chi connectivity index (χ4n) is 5.44. The minimum Gasteiger partial charge on any atom is -0.324 e. The van der Waals surface area contributed by atoms with Crippen molar-refractivity contribution in [2.45, 2.75) is 65.3 Å². The molecule has 1 N–H and O–H groups in total. The predicted molar refractivity (Wildman–Crippen MR) is 121 cm³/mol. The largest absolute Gasteiger partial charge is 0.336 e. The highest BCUT2D eigenvalue weighted by Gasteiger charge is 2.39. The number of carbonyl (C=O) groups excluding carboxylic acids is 1. The topological polar surface area (TPSA) is 40.5 Å². The number of benzene rings is 1. The summed E-state index contributed by atoms with van der Waals surface area (Å²) in [5, 5.41) is 1.92. The van der Waals surface area contributed by atoms with Crippen molar-refractivity contribution in [1.82, 2.24) is 14.5 Å². The van der Waals surface area contributed by atoms with Crippen LogP contribution in [0.25, 0.3) is 10.9 Å². The van der Waals surface area contributed by atoms with Gasteiger partial charge in [0.05, 0.1) is 5.52 Å². The van der Waals surface area contributed by atoms with Crippen LogP contribution in [0.3, 0.4) is 0 Å². The molecule has 4 rings (SSSR count). The van der Waals surface area contributed by atoms with Crippen LogP contribution >= 0.6 is 11.6 Å². The third kappa shape index (κ3) is 3.42. The lowest BCUT2D eigenvalue weighted by atomic mass is 9.74. The van der Waals surface area contributed by atoms with Crippen molar-refractivity contribution >= 4 is 28.5 Å². The highest BCUT2D eigenvalue weighted by molar-refractivity contribution is 6.32. The van der Waals surface area contributed by atoms with Gasteiger partial charge in [-0.05, 0) is 76.7 Å². The number of nitrogens with one attached hydrogen (secondary N) is 1. The second-order valence-electron chi connectivity index (χ2n) is 8.50. The van der Waals surface area contributed by atoms with E-state index in [1.54, 1.807) is 4.90 Å². The Morgan fingerprint density at radius 3 is 2.72 bits per heavy atom. The molecule has 0 spiro atoms. The van der Waals surface area contributed by atoms with Crippen LogP contribution in [0.15, 0.2) is 12.1 Å². The normalized spacial score (nSPS) is 21.3. The van der Waals surface area contributed by atoms with Crippen molar-refractivity contribution in [3.63, 3.8) is 0 Å². The minimum absolute atomic E-state index is 0.104. The van der Waals surface area contributed by atoms with Crippen molar-refractivity contribution < 1.29 is 4.79 Å². The molecule has 1 aromatic carbocycles. The Labute approximate surface area is 178 Å². The van der Waals surface area contributed by atoms with E-state index in [9.17, 15) is 4.79 Å². The second kappa shape index (κ2) is 8.19. The molecule has 0 radical (unpaired) electrons. The lowest BCUT2D eigenvalue weighted by Crippen LogP contribution is -2.47. The number of nitrogens with zero attached hydrogens (tertiary/aromatic N) is 3. The Bertz CT molecular complexity index is 915. The van der Waals surface area contributed by atoms with Crippen molar-refractivity contribution in [1.29, 1.82) is 0 Å². The molecule has 0 saturated carbocycles. The number of aryl methyl sites for hydroxylation is 1. The molecule has 2 aliphatic rings. The van der Waals surface area contributed by atoms with Crippen LogP contribution in [0.1, 0.15) is 62.6 Å². The SMILES string of the molecule is CCCN1CCC[C@@H]2c3cc(C)cc4c3c(c(Cl)n4NC(=O)N(CC)CC)C[C@H]21. The summed E-state index contributed by atoms with van der Waals surface area (Å²) in [5.41, 5.74) is 7.94. The quantitative estimate of drug-likeness (QED) is 0.734. The van der Waals surface area contributed by atoms with Crippen LogP contribution in [-0.4, -0.2) is 52.7 Å². The second-order valence-corrected chi connectivity index (χ2v) is 8.86. The molecule has 6 heteroatoms. The maximum absolute atomic E-state index is 12.8. The fraction of sp³-hybridized carbons (Fsp3) is 0.609. The number of carbonyl (C=O) groups is 1. The number of hydrogen-bond donors (Lipinski definition) is 1. The van der Waals surface area contributed by atoms with Gasteiger partial charge in [0.1, 0.15) is 5.15 Å². The number of piperidine rings is 1. The molecule has 1 fully saturated rings. The van der Waals surface area contributed by atoms with Gasteiger partial charge in [0.2, 0.25) is 0 Å². The highest BCUT2D eigenvalue weighted by atomic mass is 35.5. The van der Waals surface area contributed by atoms with Gasteiger partial charge in [0, 0.05) is 36.0 Å². The number of aromatic nitrogens is 1. The molecule has 158 valence electrons. The van der Waals surface area contributed by atoms with E-state index < -0.39 is 0 Å². The van der Waals surface area contributed by atoms with Crippen molar-refractivity contribution in [2.24, 2.45) is 0 Å². The summed E-state index contributed by atoms with van der Waals surface area (Å²) in [4.78, 5) is 17.2. The summed E-state index contributed by atoms with van der Waals surface area (Å²) < 4.78 is 1.82. The average molecular weight is 417 g/mol.